The average Bonchev–Trinajstić information content (AvgIpc) is 2.75. The van der Waals surface area contributed by atoms with Gasteiger partial charge in [0.25, 0.3) is 10.1 Å². The van der Waals surface area contributed by atoms with Gasteiger partial charge >= 0.3 is 11.9 Å². The highest BCUT2D eigenvalue weighted by molar-refractivity contribution is 7.86. The zero-order valence-corrected chi connectivity index (χ0v) is 20.1. The SMILES string of the molecule is CC(=O)NCCCS(=O)(=O)OCC(C)(C)[C@@H](O)C(=O)OCCCOC(=O)Cc1ccccc1. The molecule has 186 valence electrons. The van der Waals surface area contributed by atoms with Gasteiger partial charge in [0.15, 0.2) is 6.10 Å². The minimum absolute atomic E-state index is 0.0538. The second-order valence-electron chi connectivity index (χ2n) is 8.16. The Balaban J connectivity index is 2.29. The molecule has 0 fully saturated rings. The number of benzene rings is 1. The van der Waals surface area contributed by atoms with E-state index in [9.17, 15) is 27.9 Å². The van der Waals surface area contributed by atoms with Crippen molar-refractivity contribution in [2.45, 2.75) is 46.1 Å². The van der Waals surface area contributed by atoms with Crippen LogP contribution in [0.2, 0.25) is 0 Å². The fourth-order valence-corrected chi connectivity index (χ4v) is 3.62. The minimum Gasteiger partial charge on any atom is -0.465 e. The first-order chi connectivity index (χ1) is 15.4. The molecule has 0 unspecified atom stereocenters. The predicted molar refractivity (Wildman–Crippen MR) is 120 cm³/mol. The van der Waals surface area contributed by atoms with Crippen molar-refractivity contribution < 1.29 is 41.6 Å². The maximum atomic E-state index is 12.1. The Hall–Kier alpha value is -2.50. The lowest BCUT2D eigenvalue weighted by atomic mass is 9.88. The molecule has 1 aromatic carbocycles. The van der Waals surface area contributed by atoms with Crippen LogP contribution < -0.4 is 5.32 Å². The zero-order valence-electron chi connectivity index (χ0n) is 19.2. The Labute approximate surface area is 194 Å². The van der Waals surface area contributed by atoms with E-state index in [1.807, 2.05) is 30.3 Å². The second kappa shape index (κ2) is 13.9. The first-order valence-corrected chi connectivity index (χ1v) is 12.2. The first kappa shape index (κ1) is 28.5. The van der Waals surface area contributed by atoms with Gasteiger partial charge in [-0.3, -0.25) is 13.8 Å². The number of nitrogens with one attached hydrogen (secondary N) is 1. The van der Waals surface area contributed by atoms with E-state index in [4.69, 9.17) is 13.7 Å². The molecular formula is C22H33NO9S. The van der Waals surface area contributed by atoms with E-state index in [0.717, 1.165) is 5.56 Å². The molecule has 0 bridgehead atoms. The molecule has 10 nitrogen and oxygen atoms in total. The van der Waals surface area contributed by atoms with Gasteiger partial charge in [0.2, 0.25) is 5.91 Å². The molecular weight excluding hydrogens is 454 g/mol. The van der Waals surface area contributed by atoms with Crippen LogP contribution in [0.4, 0.5) is 0 Å². The molecule has 1 rings (SSSR count). The maximum absolute atomic E-state index is 12.1. The molecule has 33 heavy (non-hydrogen) atoms. The van der Waals surface area contributed by atoms with Crippen LogP contribution in [-0.4, -0.2) is 69.6 Å². The third kappa shape index (κ3) is 12.4. The molecule has 0 aromatic heterocycles. The molecule has 0 saturated heterocycles. The maximum Gasteiger partial charge on any atom is 0.335 e. The number of amides is 1. The zero-order chi connectivity index (χ0) is 24.9. The summed E-state index contributed by atoms with van der Waals surface area (Å²) >= 11 is 0. The van der Waals surface area contributed by atoms with E-state index < -0.39 is 40.2 Å². The van der Waals surface area contributed by atoms with Crippen LogP contribution in [0, 0.1) is 5.41 Å². The quantitative estimate of drug-likeness (QED) is 0.210. The van der Waals surface area contributed by atoms with Gasteiger partial charge in [-0.15, -0.1) is 0 Å². The van der Waals surface area contributed by atoms with E-state index >= 15 is 0 Å². The molecule has 11 heteroatoms. The summed E-state index contributed by atoms with van der Waals surface area (Å²) in [6, 6.07) is 9.12. The fraction of sp³-hybridized carbons (Fsp3) is 0.591. The summed E-state index contributed by atoms with van der Waals surface area (Å²) in [5.41, 5.74) is -0.402. The topological polar surface area (TPSA) is 145 Å². The number of carbonyl (C=O) groups excluding carboxylic acids is 3. The van der Waals surface area contributed by atoms with Crippen LogP contribution in [0.3, 0.4) is 0 Å². The number of hydrogen-bond acceptors (Lipinski definition) is 9. The fourth-order valence-electron chi connectivity index (χ4n) is 2.52. The van der Waals surface area contributed by atoms with Crippen molar-refractivity contribution >= 4 is 28.0 Å². The Morgan fingerprint density at radius 1 is 1.06 bits per heavy atom. The molecule has 0 spiro atoms. The predicted octanol–water partition coefficient (Wildman–Crippen LogP) is 0.965. The van der Waals surface area contributed by atoms with Crippen molar-refractivity contribution in [3.05, 3.63) is 35.9 Å². The molecule has 0 aliphatic heterocycles. The summed E-state index contributed by atoms with van der Waals surface area (Å²) in [5, 5.41) is 12.7. The lowest BCUT2D eigenvalue weighted by molar-refractivity contribution is -0.162. The normalized spacial score (nSPS) is 12.6. The Bertz CT molecular complexity index is 869. The van der Waals surface area contributed by atoms with Crippen molar-refractivity contribution in [3.8, 4) is 0 Å². The number of aliphatic hydroxyl groups excluding tert-OH is 1. The van der Waals surface area contributed by atoms with Gasteiger partial charge < -0.3 is 19.9 Å². The largest absolute Gasteiger partial charge is 0.465 e. The van der Waals surface area contributed by atoms with Gasteiger partial charge in [-0.1, -0.05) is 44.2 Å². The Morgan fingerprint density at radius 3 is 2.33 bits per heavy atom. The smallest absolute Gasteiger partial charge is 0.335 e. The van der Waals surface area contributed by atoms with Crippen molar-refractivity contribution in [2.75, 3.05) is 32.1 Å². The third-order valence-electron chi connectivity index (χ3n) is 4.51. The number of esters is 2. The van der Waals surface area contributed by atoms with Crippen molar-refractivity contribution in [1.29, 1.82) is 0 Å². The van der Waals surface area contributed by atoms with Gasteiger partial charge in [0.1, 0.15) is 0 Å². The van der Waals surface area contributed by atoms with Crippen molar-refractivity contribution in [3.63, 3.8) is 0 Å². The Morgan fingerprint density at radius 2 is 1.70 bits per heavy atom. The van der Waals surface area contributed by atoms with Gasteiger partial charge in [-0.25, -0.2) is 4.79 Å². The highest BCUT2D eigenvalue weighted by atomic mass is 32.2. The molecule has 0 radical (unpaired) electrons. The molecule has 1 aromatic rings. The summed E-state index contributed by atoms with van der Waals surface area (Å²) in [6.45, 7) is 4.01. The van der Waals surface area contributed by atoms with Gasteiger partial charge in [0.05, 0.1) is 32.0 Å². The van der Waals surface area contributed by atoms with Gasteiger partial charge in [-0.05, 0) is 12.0 Å². The summed E-state index contributed by atoms with van der Waals surface area (Å²) in [5.74, 6) is -1.90. The standard InChI is InChI=1S/C22H33NO9S/c1-17(24)23-11-7-14-33(28,29)32-16-22(2,3)20(26)21(27)31-13-8-12-30-19(25)15-18-9-5-4-6-10-18/h4-6,9-10,20,26H,7-8,11-16H2,1-3H3,(H,23,24)/t20-/m0/s1. The van der Waals surface area contributed by atoms with Crippen LogP contribution >= 0.6 is 0 Å². The molecule has 0 heterocycles. The Kier molecular flexibility index (Phi) is 12.0. The number of rotatable bonds is 15. The van der Waals surface area contributed by atoms with Crippen LogP contribution in [0.25, 0.3) is 0 Å². The van der Waals surface area contributed by atoms with E-state index in [1.54, 1.807) is 0 Å². The van der Waals surface area contributed by atoms with Crippen LogP contribution in [-0.2, 0) is 44.6 Å². The summed E-state index contributed by atoms with van der Waals surface area (Å²) in [4.78, 5) is 34.7. The highest BCUT2D eigenvalue weighted by Crippen LogP contribution is 2.23. The lowest BCUT2D eigenvalue weighted by Crippen LogP contribution is -2.41. The van der Waals surface area contributed by atoms with Crippen molar-refractivity contribution in [2.24, 2.45) is 5.41 Å². The first-order valence-electron chi connectivity index (χ1n) is 10.6. The minimum atomic E-state index is -3.89. The third-order valence-corrected chi connectivity index (χ3v) is 5.77. The highest BCUT2D eigenvalue weighted by Gasteiger charge is 2.36. The summed E-state index contributed by atoms with van der Waals surface area (Å²) in [7, 11) is -3.89. The molecule has 2 N–H and O–H groups in total. The molecule has 0 aliphatic rings. The molecule has 1 amide bonds. The number of aliphatic hydroxyl groups is 1. The van der Waals surface area contributed by atoms with E-state index in [2.05, 4.69) is 5.32 Å². The summed E-state index contributed by atoms with van der Waals surface area (Å²) in [6.07, 6.45) is -1.06. The van der Waals surface area contributed by atoms with Gasteiger partial charge in [0, 0.05) is 25.3 Å². The van der Waals surface area contributed by atoms with Crippen LogP contribution in [0.15, 0.2) is 30.3 Å². The van der Waals surface area contributed by atoms with Crippen LogP contribution in [0.1, 0.15) is 39.2 Å². The molecule has 1 atom stereocenters. The number of hydrogen-bond donors (Lipinski definition) is 2. The number of ether oxygens (including phenoxy) is 2. The van der Waals surface area contributed by atoms with Crippen LogP contribution in [0.5, 0.6) is 0 Å². The number of carbonyl (C=O) groups is 3. The van der Waals surface area contributed by atoms with E-state index in [-0.39, 0.29) is 50.7 Å². The average molecular weight is 488 g/mol. The molecule has 0 aliphatic carbocycles. The van der Waals surface area contributed by atoms with Gasteiger partial charge in [-0.2, -0.15) is 8.42 Å². The second-order valence-corrected chi connectivity index (χ2v) is 9.91. The summed E-state index contributed by atoms with van der Waals surface area (Å²) < 4.78 is 38.9. The monoisotopic (exact) mass is 487 g/mol. The van der Waals surface area contributed by atoms with Crippen molar-refractivity contribution in [1.82, 2.24) is 5.32 Å². The van der Waals surface area contributed by atoms with E-state index in [1.165, 1.54) is 20.8 Å². The molecule has 0 saturated carbocycles. The van der Waals surface area contributed by atoms with E-state index in [0.29, 0.717) is 0 Å². The lowest BCUT2D eigenvalue weighted by Gasteiger charge is -2.28.